The van der Waals surface area contributed by atoms with Crippen molar-refractivity contribution in [1.29, 1.82) is 0 Å². The molecular weight excluding hydrogens is 468 g/mol. The Balaban J connectivity index is 1.39. The highest BCUT2D eigenvalue weighted by Gasteiger charge is 2.22. The van der Waals surface area contributed by atoms with Gasteiger partial charge in [0.05, 0.1) is 24.6 Å². The third kappa shape index (κ3) is 6.17. The molecule has 1 aliphatic rings. The minimum atomic E-state index is -1.19. The Labute approximate surface area is 206 Å². The molecule has 3 aromatic rings. The molecule has 10 heteroatoms. The van der Waals surface area contributed by atoms with E-state index in [1.165, 1.54) is 0 Å². The van der Waals surface area contributed by atoms with E-state index in [1.54, 1.807) is 46.6 Å². The molecule has 35 heavy (non-hydrogen) atoms. The van der Waals surface area contributed by atoms with Gasteiger partial charge < -0.3 is 25.8 Å². The molecule has 0 bridgehead atoms. The number of rotatable bonds is 7. The maximum atomic E-state index is 12.8. The minimum absolute atomic E-state index is 0.0309. The van der Waals surface area contributed by atoms with E-state index in [1.807, 2.05) is 29.6 Å². The first-order valence-corrected chi connectivity index (χ1v) is 12.0. The van der Waals surface area contributed by atoms with Gasteiger partial charge >= 0.3 is 6.09 Å². The van der Waals surface area contributed by atoms with E-state index in [0.717, 1.165) is 15.3 Å². The number of carboxylic acid groups (broad SMARTS) is 1. The van der Waals surface area contributed by atoms with E-state index < -0.39 is 6.09 Å². The standard InChI is InChI=1S/C25H26N4O5S/c26-20-8-7-19(22-2-1-13-35-22)14-21(20)27-24(31)18-5-3-17(4-6-18)15-29(25(32)33)16-23(30)28-9-11-34-12-10-28/h1-8,13-14H,9-12,15-16,26H2,(H,27,31)(H,32,33). The number of carbonyl (C=O) groups excluding carboxylic acids is 2. The van der Waals surface area contributed by atoms with Gasteiger partial charge in [-0.05, 0) is 46.8 Å². The molecule has 1 aliphatic heterocycles. The largest absolute Gasteiger partial charge is 0.465 e. The summed E-state index contributed by atoms with van der Waals surface area (Å²) in [5.74, 6) is -0.585. The van der Waals surface area contributed by atoms with Crippen LogP contribution >= 0.6 is 11.3 Å². The van der Waals surface area contributed by atoms with Gasteiger partial charge in [0, 0.05) is 30.1 Å². The number of hydrogen-bond donors (Lipinski definition) is 3. The lowest BCUT2D eigenvalue weighted by atomic mass is 10.1. The lowest BCUT2D eigenvalue weighted by Gasteiger charge is -2.29. The number of benzene rings is 2. The topological polar surface area (TPSA) is 125 Å². The van der Waals surface area contributed by atoms with Gasteiger partial charge in [0.25, 0.3) is 5.91 Å². The molecule has 2 aromatic carbocycles. The third-order valence-electron chi connectivity index (χ3n) is 5.66. The van der Waals surface area contributed by atoms with Crippen LogP contribution in [0.25, 0.3) is 10.4 Å². The normalized spacial score (nSPS) is 13.3. The van der Waals surface area contributed by atoms with Gasteiger partial charge in [-0.1, -0.05) is 24.3 Å². The Hall–Kier alpha value is -3.89. The van der Waals surface area contributed by atoms with E-state index in [-0.39, 0.29) is 24.9 Å². The highest BCUT2D eigenvalue weighted by atomic mass is 32.1. The summed E-state index contributed by atoms with van der Waals surface area (Å²) in [6.07, 6.45) is -1.19. The predicted octanol–water partition coefficient (Wildman–Crippen LogP) is 3.59. The number of nitrogens with zero attached hydrogens (tertiary/aromatic N) is 2. The molecule has 4 N–H and O–H groups in total. The van der Waals surface area contributed by atoms with Gasteiger partial charge in [0.1, 0.15) is 6.54 Å². The van der Waals surface area contributed by atoms with E-state index in [0.29, 0.717) is 48.8 Å². The summed E-state index contributed by atoms with van der Waals surface area (Å²) < 4.78 is 5.23. The zero-order chi connectivity index (χ0) is 24.8. The molecule has 0 spiro atoms. The SMILES string of the molecule is Nc1ccc(-c2cccs2)cc1NC(=O)c1ccc(CN(CC(=O)N2CCOCC2)C(=O)O)cc1. The molecule has 0 atom stereocenters. The third-order valence-corrected chi connectivity index (χ3v) is 6.58. The van der Waals surface area contributed by atoms with Crippen LogP contribution in [0.15, 0.2) is 60.0 Å². The van der Waals surface area contributed by atoms with Gasteiger partial charge in [-0.2, -0.15) is 0 Å². The summed E-state index contributed by atoms with van der Waals surface area (Å²) in [5, 5.41) is 14.4. The summed E-state index contributed by atoms with van der Waals surface area (Å²) in [6, 6.07) is 16.0. The van der Waals surface area contributed by atoms with Crippen molar-refractivity contribution < 1.29 is 24.2 Å². The van der Waals surface area contributed by atoms with Crippen molar-refractivity contribution in [1.82, 2.24) is 9.80 Å². The summed E-state index contributed by atoms with van der Waals surface area (Å²) in [5.41, 5.74) is 9.06. The molecule has 1 aromatic heterocycles. The highest BCUT2D eigenvalue weighted by molar-refractivity contribution is 7.13. The predicted molar refractivity (Wildman–Crippen MR) is 134 cm³/mol. The molecule has 1 fully saturated rings. The van der Waals surface area contributed by atoms with Crippen molar-refractivity contribution in [3.63, 3.8) is 0 Å². The van der Waals surface area contributed by atoms with Crippen molar-refractivity contribution in [2.24, 2.45) is 0 Å². The number of nitrogen functional groups attached to an aromatic ring is 1. The maximum absolute atomic E-state index is 12.8. The van der Waals surface area contributed by atoms with Crippen LogP contribution < -0.4 is 11.1 Å². The molecule has 3 amide bonds. The number of hydrogen-bond acceptors (Lipinski definition) is 6. The van der Waals surface area contributed by atoms with E-state index in [2.05, 4.69) is 5.32 Å². The summed E-state index contributed by atoms with van der Waals surface area (Å²) >= 11 is 1.60. The van der Waals surface area contributed by atoms with Gasteiger partial charge in [0.2, 0.25) is 5.91 Å². The van der Waals surface area contributed by atoms with E-state index in [9.17, 15) is 19.5 Å². The Morgan fingerprint density at radius 2 is 1.83 bits per heavy atom. The number of nitrogens with one attached hydrogen (secondary N) is 1. The molecule has 2 heterocycles. The Kier molecular flexibility index (Phi) is 7.64. The quantitative estimate of drug-likeness (QED) is 0.431. The zero-order valence-corrected chi connectivity index (χ0v) is 19.8. The Bertz CT molecular complexity index is 1190. The van der Waals surface area contributed by atoms with Gasteiger partial charge in [-0.15, -0.1) is 11.3 Å². The minimum Gasteiger partial charge on any atom is -0.465 e. The average molecular weight is 495 g/mol. The monoisotopic (exact) mass is 494 g/mol. The average Bonchev–Trinajstić information content (AvgIpc) is 3.41. The number of nitrogens with two attached hydrogens (primary N) is 1. The number of carbonyl (C=O) groups is 3. The second-order valence-corrected chi connectivity index (χ2v) is 9.01. The van der Waals surface area contributed by atoms with Gasteiger partial charge in [-0.25, -0.2) is 4.79 Å². The lowest BCUT2D eigenvalue weighted by molar-refractivity contribution is -0.136. The summed E-state index contributed by atoms with van der Waals surface area (Å²) in [7, 11) is 0. The first kappa shape index (κ1) is 24.2. The van der Waals surface area contributed by atoms with Crippen LogP contribution in [-0.4, -0.2) is 65.7 Å². The molecule has 0 radical (unpaired) electrons. The molecule has 0 saturated carbocycles. The molecule has 182 valence electrons. The van der Waals surface area contributed by atoms with Crippen molar-refractivity contribution in [3.8, 4) is 10.4 Å². The van der Waals surface area contributed by atoms with Crippen LogP contribution in [0.1, 0.15) is 15.9 Å². The fourth-order valence-electron chi connectivity index (χ4n) is 3.70. The second kappa shape index (κ2) is 11.0. The van der Waals surface area contributed by atoms with Crippen molar-refractivity contribution in [3.05, 3.63) is 71.1 Å². The number of anilines is 2. The number of amides is 3. The van der Waals surface area contributed by atoms with Crippen LogP contribution in [0.4, 0.5) is 16.2 Å². The highest BCUT2D eigenvalue weighted by Crippen LogP contribution is 2.30. The van der Waals surface area contributed by atoms with Crippen LogP contribution in [0.2, 0.25) is 0 Å². The summed E-state index contributed by atoms with van der Waals surface area (Å²) in [6.45, 7) is 1.60. The van der Waals surface area contributed by atoms with Gasteiger partial charge in [-0.3, -0.25) is 14.5 Å². The molecule has 4 rings (SSSR count). The smallest absolute Gasteiger partial charge is 0.408 e. The number of ether oxygens (including phenoxy) is 1. The van der Waals surface area contributed by atoms with Gasteiger partial charge in [0.15, 0.2) is 0 Å². The fourth-order valence-corrected chi connectivity index (χ4v) is 4.43. The first-order valence-electron chi connectivity index (χ1n) is 11.1. The zero-order valence-electron chi connectivity index (χ0n) is 19.0. The molecule has 0 unspecified atom stereocenters. The van der Waals surface area contributed by atoms with E-state index in [4.69, 9.17) is 10.5 Å². The Morgan fingerprint density at radius 1 is 1.09 bits per heavy atom. The van der Waals surface area contributed by atoms with Crippen LogP contribution in [0, 0.1) is 0 Å². The number of thiophene rings is 1. The van der Waals surface area contributed by atoms with E-state index >= 15 is 0 Å². The van der Waals surface area contributed by atoms with Crippen LogP contribution in [-0.2, 0) is 16.1 Å². The Morgan fingerprint density at radius 3 is 2.49 bits per heavy atom. The molecule has 9 nitrogen and oxygen atoms in total. The molecule has 0 aliphatic carbocycles. The molecule has 1 saturated heterocycles. The lowest BCUT2D eigenvalue weighted by Crippen LogP contribution is -2.46. The first-order chi connectivity index (χ1) is 16.9. The van der Waals surface area contributed by atoms with Crippen LogP contribution in [0.3, 0.4) is 0 Å². The van der Waals surface area contributed by atoms with Crippen molar-refractivity contribution in [2.45, 2.75) is 6.54 Å². The van der Waals surface area contributed by atoms with Crippen LogP contribution in [0.5, 0.6) is 0 Å². The molecular formula is C25H26N4O5S. The second-order valence-electron chi connectivity index (χ2n) is 8.06. The maximum Gasteiger partial charge on any atom is 0.408 e. The number of morpholine rings is 1. The fraction of sp³-hybridized carbons (Fsp3) is 0.240. The summed E-state index contributed by atoms with van der Waals surface area (Å²) in [4.78, 5) is 40.7. The van der Waals surface area contributed by atoms with Crippen molar-refractivity contribution in [2.75, 3.05) is 43.9 Å². The van der Waals surface area contributed by atoms with Crippen molar-refractivity contribution >= 4 is 40.6 Å².